The first-order valence-corrected chi connectivity index (χ1v) is 11.3. The number of anilines is 1. The average molecular weight is 470 g/mol. The number of para-hydroxylation sites is 1. The van der Waals surface area contributed by atoms with E-state index < -0.39 is 17.8 Å². The van der Waals surface area contributed by atoms with Gasteiger partial charge in [0.05, 0.1) is 0 Å². The Bertz CT molecular complexity index is 981. The Labute approximate surface area is 201 Å². The van der Waals surface area contributed by atoms with Gasteiger partial charge in [-0.1, -0.05) is 44.2 Å². The number of nitrogens with one attached hydrogen (secondary N) is 3. The highest BCUT2D eigenvalue weighted by Gasteiger charge is 2.18. The normalized spacial score (nSPS) is 12.0. The summed E-state index contributed by atoms with van der Waals surface area (Å²) in [6.45, 7) is 11.2. The number of alkyl carbamates (subject to hydrolysis) is 1. The van der Waals surface area contributed by atoms with E-state index in [4.69, 9.17) is 9.47 Å². The lowest BCUT2D eigenvalue weighted by molar-refractivity contribution is -0.127. The van der Waals surface area contributed by atoms with Gasteiger partial charge in [0.25, 0.3) is 5.91 Å². The van der Waals surface area contributed by atoms with E-state index in [-0.39, 0.29) is 18.4 Å². The number of hydrogen-bond acceptors (Lipinski definition) is 5. The minimum Gasteiger partial charge on any atom is -0.481 e. The van der Waals surface area contributed by atoms with Crippen LogP contribution in [0.2, 0.25) is 0 Å². The molecule has 2 aromatic carbocycles. The SMILES string of the molecule is CC(Oc1ccccc1C(C)C)C(=O)NCc1ccc(NC(=O)CNC(=O)OC(C)(C)C)cc1. The van der Waals surface area contributed by atoms with Gasteiger partial charge in [0.2, 0.25) is 5.91 Å². The lowest BCUT2D eigenvalue weighted by atomic mass is 10.0. The minimum atomic E-state index is -0.653. The van der Waals surface area contributed by atoms with Crippen molar-refractivity contribution in [2.75, 3.05) is 11.9 Å². The first-order valence-electron chi connectivity index (χ1n) is 11.3. The van der Waals surface area contributed by atoms with E-state index in [0.29, 0.717) is 23.9 Å². The fourth-order valence-electron chi connectivity index (χ4n) is 3.02. The number of rotatable bonds is 9. The summed E-state index contributed by atoms with van der Waals surface area (Å²) in [5.74, 6) is 0.406. The van der Waals surface area contributed by atoms with Gasteiger partial charge in [-0.2, -0.15) is 0 Å². The Kier molecular flexibility index (Phi) is 9.47. The van der Waals surface area contributed by atoms with Crippen LogP contribution >= 0.6 is 0 Å². The molecule has 0 bridgehead atoms. The molecule has 1 unspecified atom stereocenters. The Hall–Kier alpha value is -3.55. The summed E-state index contributed by atoms with van der Waals surface area (Å²) in [6.07, 6.45) is -1.30. The van der Waals surface area contributed by atoms with Crippen LogP contribution in [0, 0.1) is 0 Å². The van der Waals surface area contributed by atoms with E-state index in [0.717, 1.165) is 11.1 Å². The van der Waals surface area contributed by atoms with Gasteiger partial charge in [-0.25, -0.2) is 4.79 Å². The Morgan fingerprint density at radius 3 is 2.18 bits per heavy atom. The summed E-state index contributed by atoms with van der Waals surface area (Å²) in [7, 11) is 0. The second-order valence-corrected chi connectivity index (χ2v) is 9.27. The van der Waals surface area contributed by atoms with Gasteiger partial charge in [0.1, 0.15) is 17.9 Å². The molecule has 184 valence electrons. The highest BCUT2D eigenvalue weighted by Crippen LogP contribution is 2.26. The summed E-state index contributed by atoms with van der Waals surface area (Å²) in [6, 6.07) is 14.8. The van der Waals surface area contributed by atoms with Crippen LogP contribution in [0.5, 0.6) is 5.75 Å². The molecule has 8 nitrogen and oxygen atoms in total. The molecule has 0 aliphatic rings. The van der Waals surface area contributed by atoms with Gasteiger partial charge >= 0.3 is 6.09 Å². The van der Waals surface area contributed by atoms with Gasteiger partial charge in [-0.05, 0) is 62.9 Å². The summed E-state index contributed by atoms with van der Waals surface area (Å²) in [5, 5.41) is 7.97. The molecule has 0 aliphatic heterocycles. The second-order valence-electron chi connectivity index (χ2n) is 9.27. The molecule has 0 saturated carbocycles. The molecule has 0 saturated heterocycles. The molecule has 34 heavy (non-hydrogen) atoms. The van der Waals surface area contributed by atoms with Crippen molar-refractivity contribution in [1.82, 2.24) is 10.6 Å². The molecule has 3 N–H and O–H groups in total. The number of carbonyl (C=O) groups excluding carboxylic acids is 3. The summed E-state index contributed by atoms with van der Waals surface area (Å²) in [4.78, 5) is 36.1. The van der Waals surface area contributed by atoms with Gasteiger partial charge < -0.3 is 25.4 Å². The Morgan fingerprint density at radius 1 is 0.912 bits per heavy atom. The maximum Gasteiger partial charge on any atom is 0.408 e. The van der Waals surface area contributed by atoms with E-state index in [2.05, 4.69) is 29.8 Å². The zero-order valence-electron chi connectivity index (χ0n) is 20.7. The highest BCUT2D eigenvalue weighted by atomic mass is 16.6. The largest absolute Gasteiger partial charge is 0.481 e. The van der Waals surface area contributed by atoms with Crippen LogP contribution in [0.25, 0.3) is 0 Å². The quantitative estimate of drug-likeness (QED) is 0.506. The van der Waals surface area contributed by atoms with E-state index in [1.165, 1.54) is 0 Å². The molecular weight excluding hydrogens is 434 g/mol. The van der Waals surface area contributed by atoms with Crippen LogP contribution in [0.15, 0.2) is 48.5 Å². The number of benzene rings is 2. The van der Waals surface area contributed by atoms with Crippen molar-refractivity contribution in [3.63, 3.8) is 0 Å². The molecule has 8 heteroatoms. The maximum atomic E-state index is 12.5. The molecule has 0 radical (unpaired) electrons. The van der Waals surface area contributed by atoms with E-state index >= 15 is 0 Å². The molecular formula is C26H35N3O5. The third-order valence-electron chi connectivity index (χ3n) is 4.71. The smallest absolute Gasteiger partial charge is 0.408 e. The molecule has 0 spiro atoms. The van der Waals surface area contributed by atoms with Crippen LogP contribution in [0.3, 0.4) is 0 Å². The average Bonchev–Trinajstić information content (AvgIpc) is 2.76. The van der Waals surface area contributed by atoms with Crippen LogP contribution in [-0.4, -0.2) is 36.2 Å². The minimum absolute atomic E-state index is 0.204. The summed E-state index contributed by atoms with van der Waals surface area (Å²) < 4.78 is 11.0. The fourth-order valence-corrected chi connectivity index (χ4v) is 3.02. The first-order chi connectivity index (χ1) is 15.9. The van der Waals surface area contributed by atoms with Gasteiger partial charge in [0, 0.05) is 12.2 Å². The number of carbonyl (C=O) groups is 3. The zero-order valence-corrected chi connectivity index (χ0v) is 20.7. The van der Waals surface area contributed by atoms with Gasteiger partial charge in [-0.15, -0.1) is 0 Å². The van der Waals surface area contributed by atoms with Crippen molar-refractivity contribution >= 4 is 23.6 Å². The third-order valence-corrected chi connectivity index (χ3v) is 4.71. The second kappa shape index (κ2) is 12.1. The van der Waals surface area contributed by atoms with Crippen molar-refractivity contribution in [3.8, 4) is 5.75 Å². The van der Waals surface area contributed by atoms with Crippen LogP contribution in [0.1, 0.15) is 58.6 Å². The highest BCUT2D eigenvalue weighted by molar-refractivity contribution is 5.93. The van der Waals surface area contributed by atoms with Gasteiger partial charge in [-0.3, -0.25) is 9.59 Å². The number of ether oxygens (including phenoxy) is 2. The molecule has 3 amide bonds. The number of hydrogen-bond donors (Lipinski definition) is 3. The van der Waals surface area contributed by atoms with E-state index in [1.54, 1.807) is 52.0 Å². The van der Waals surface area contributed by atoms with Crippen LogP contribution in [-0.2, 0) is 20.9 Å². The maximum absolute atomic E-state index is 12.5. The standard InChI is InChI=1S/C26H35N3O5/c1-17(2)21-9-7-8-10-22(21)33-18(3)24(31)27-15-19-11-13-20(14-12-19)29-23(30)16-28-25(32)34-26(4,5)6/h7-14,17-18H,15-16H2,1-6H3,(H,27,31)(H,28,32)(H,29,30). The lowest BCUT2D eigenvalue weighted by Crippen LogP contribution is -2.37. The first kappa shape index (κ1) is 26.7. The van der Waals surface area contributed by atoms with Crippen molar-refractivity contribution in [1.29, 1.82) is 0 Å². The molecule has 0 heterocycles. The van der Waals surface area contributed by atoms with E-state index in [9.17, 15) is 14.4 Å². The van der Waals surface area contributed by atoms with Crippen molar-refractivity contribution in [2.24, 2.45) is 0 Å². The predicted octanol–water partition coefficient (Wildman–Crippen LogP) is 4.36. The molecule has 0 aliphatic carbocycles. The van der Waals surface area contributed by atoms with Crippen molar-refractivity contribution < 1.29 is 23.9 Å². The van der Waals surface area contributed by atoms with Crippen molar-refractivity contribution in [2.45, 2.75) is 65.7 Å². The topological polar surface area (TPSA) is 106 Å². The van der Waals surface area contributed by atoms with Crippen LogP contribution < -0.4 is 20.7 Å². The molecule has 0 aromatic heterocycles. The Morgan fingerprint density at radius 2 is 1.56 bits per heavy atom. The fraction of sp³-hybridized carbons (Fsp3) is 0.423. The van der Waals surface area contributed by atoms with E-state index in [1.807, 2.05) is 24.3 Å². The molecule has 0 fully saturated rings. The summed E-state index contributed by atoms with van der Waals surface area (Å²) >= 11 is 0. The lowest BCUT2D eigenvalue weighted by Gasteiger charge is -2.19. The van der Waals surface area contributed by atoms with Gasteiger partial charge in [0.15, 0.2) is 6.10 Å². The molecule has 2 rings (SSSR count). The van der Waals surface area contributed by atoms with Crippen molar-refractivity contribution in [3.05, 3.63) is 59.7 Å². The summed E-state index contributed by atoms with van der Waals surface area (Å²) in [5.41, 5.74) is 1.87. The van der Waals surface area contributed by atoms with Crippen LogP contribution in [0.4, 0.5) is 10.5 Å². The Balaban J connectivity index is 1.79. The monoisotopic (exact) mass is 469 g/mol. The molecule has 2 aromatic rings. The zero-order chi connectivity index (χ0) is 25.3. The third kappa shape index (κ3) is 9.13. The number of amides is 3. The molecule has 1 atom stereocenters. The predicted molar refractivity (Wildman–Crippen MR) is 132 cm³/mol.